The molecule has 0 radical (unpaired) electrons. The van der Waals surface area contributed by atoms with E-state index in [0.29, 0.717) is 22.4 Å². The van der Waals surface area contributed by atoms with Gasteiger partial charge in [-0.3, -0.25) is 14.5 Å². The molecular weight excluding hydrogens is 506 g/mol. The largest absolute Gasteiger partial charge is 0.484 e. The fourth-order valence-corrected chi connectivity index (χ4v) is 4.99. The summed E-state index contributed by atoms with van der Waals surface area (Å²) in [6.07, 6.45) is 2.60. The number of para-hydroxylation sites is 2. The molecule has 0 atom stereocenters. The number of nitrogens with zero attached hydrogens (tertiary/aromatic N) is 2. The molecule has 1 saturated heterocycles. The number of amides is 2. The Kier molecular flexibility index (Phi) is 8.51. The Morgan fingerprint density at radius 2 is 1.49 bits per heavy atom. The van der Waals surface area contributed by atoms with E-state index in [2.05, 4.69) is 17.4 Å². The van der Waals surface area contributed by atoms with Crippen LogP contribution < -0.4 is 10.1 Å². The second-order valence-electron chi connectivity index (χ2n) is 8.80. The fraction of sp³-hybridized carbons (Fsp3) is 0.0938. The summed E-state index contributed by atoms with van der Waals surface area (Å²) in [5, 5.41) is 3.46. The first-order valence-electron chi connectivity index (χ1n) is 12.6. The van der Waals surface area contributed by atoms with Crippen LogP contribution in [-0.4, -0.2) is 35.0 Å². The Morgan fingerprint density at radius 1 is 0.846 bits per heavy atom. The normalized spacial score (nSPS) is 15.1. The number of hydrogen-bond donors (Lipinski definition) is 1. The SMILES string of the molecule is O=C(COc1ccc(/C=C2\SC(=Nc3ccccc3)N(CCc3ccccc3)C2=O)cc1)Nc1ccccc1. The summed E-state index contributed by atoms with van der Waals surface area (Å²) >= 11 is 1.37. The van der Waals surface area contributed by atoms with E-state index in [9.17, 15) is 9.59 Å². The molecule has 0 aliphatic carbocycles. The van der Waals surface area contributed by atoms with Crippen LogP contribution in [-0.2, 0) is 16.0 Å². The molecule has 194 valence electrons. The standard InChI is InChI=1S/C32H27N3O3S/c36-30(33-26-12-6-2-7-13-26)23-38-28-18-16-25(17-19-28)22-29-31(37)35(21-20-24-10-4-1-5-11-24)32(39-29)34-27-14-8-3-9-15-27/h1-19,22H,20-21,23H2,(H,33,36)/b29-22-,34-32?. The lowest BCUT2D eigenvalue weighted by molar-refractivity contribution is -0.122. The van der Waals surface area contributed by atoms with Crippen LogP contribution >= 0.6 is 11.8 Å². The van der Waals surface area contributed by atoms with Gasteiger partial charge in [0.2, 0.25) is 0 Å². The van der Waals surface area contributed by atoms with Crippen LogP contribution in [0.25, 0.3) is 6.08 Å². The maximum atomic E-state index is 13.4. The van der Waals surface area contributed by atoms with E-state index in [1.807, 2.05) is 97.1 Å². The summed E-state index contributed by atoms with van der Waals surface area (Å²) in [7, 11) is 0. The molecule has 1 aliphatic heterocycles. The first kappa shape index (κ1) is 26.0. The topological polar surface area (TPSA) is 71.0 Å². The third kappa shape index (κ3) is 7.24. The quantitative estimate of drug-likeness (QED) is 0.248. The van der Waals surface area contributed by atoms with Gasteiger partial charge in [-0.25, -0.2) is 4.99 Å². The Labute approximate surface area is 232 Å². The number of carbonyl (C=O) groups is 2. The van der Waals surface area contributed by atoms with Gasteiger partial charge in [-0.15, -0.1) is 0 Å². The molecular formula is C32H27N3O3S. The summed E-state index contributed by atoms with van der Waals surface area (Å²) < 4.78 is 5.63. The van der Waals surface area contributed by atoms with Crippen LogP contribution in [0.1, 0.15) is 11.1 Å². The van der Waals surface area contributed by atoms with Gasteiger partial charge in [0.25, 0.3) is 11.8 Å². The average Bonchev–Trinajstić information content (AvgIpc) is 3.26. The Morgan fingerprint density at radius 3 is 2.18 bits per heavy atom. The first-order chi connectivity index (χ1) is 19.1. The smallest absolute Gasteiger partial charge is 0.266 e. The highest BCUT2D eigenvalue weighted by Gasteiger charge is 2.33. The van der Waals surface area contributed by atoms with Gasteiger partial charge in [-0.1, -0.05) is 78.9 Å². The number of carbonyl (C=O) groups excluding carboxylic acids is 2. The molecule has 4 aromatic carbocycles. The van der Waals surface area contributed by atoms with Crippen molar-refractivity contribution in [2.24, 2.45) is 4.99 Å². The predicted molar refractivity (Wildman–Crippen MR) is 158 cm³/mol. The minimum absolute atomic E-state index is 0.0662. The third-order valence-corrected chi connectivity index (χ3v) is 6.95. The second-order valence-corrected chi connectivity index (χ2v) is 9.81. The molecule has 4 aromatic rings. The van der Waals surface area contributed by atoms with E-state index in [1.165, 1.54) is 17.3 Å². The lowest BCUT2D eigenvalue weighted by Crippen LogP contribution is -2.31. The van der Waals surface area contributed by atoms with Crippen LogP contribution in [0.3, 0.4) is 0 Å². The number of hydrogen-bond acceptors (Lipinski definition) is 5. The molecule has 5 rings (SSSR count). The Bertz CT molecular complexity index is 1470. The van der Waals surface area contributed by atoms with Gasteiger partial charge in [0.1, 0.15) is 5.75 Å². The van der Waals surface area contributed by atoms with E-state index < -0.39 is 0 Å². The van der Waals surface area contributed by atoms with Gasteiger partial charge < -0.3 is 10.1 Å². The van der Waals surface area contributed by atoms with Crippen LogP contribution in [0.4, 0.5) is 11.4 Å². The number of ether oxygens (including phenoxy) is 1. The number of benzene rings is 4. The fourth-order valence-electron chi connectivity index (χ4n) is 3.97. The second kappa shape index (κ2) is 12.8. The summed E-state index contributed by atoms with van der Waals surface area (Å²) in [4.78, 5) is 32.7. The molecule has 1 heterocycles. The minimum Gasteiger partial charge on any atom is -0.484 e. The number of rotatable bonds is 9. The van der Waals surface area contributed by atoms with Gasteiger partial charge in [-0.2, -0.15) is 0 Å². The molecule has 1 aliphatic rings. The monoisotopic (exact) mass is 533 g/mol. The van der Waals surface area contributed by atoms with Crippen molar-refractivity contribution in [2.75, 3.05) is 18.5 Å². The lowest BCUT2D eigenvalue weighted by Gasteiger charge is -2.15. The highest BCUT2D eigenvalue weighted by atomic mass is 32.2. The maximum Gasteiger partial charge on any atom is 0.266 e. The van der Waals surface area contributed by atoms with Crippen molar-refractivity contribution >= 4 is 46.2 Å². The highest BCUT2D eigenvalue weighted by Crippen LogP contribution is 2.34. The van der Waals surface area contributed by atoms with Crippen molar-refractivity contribution in [3.05, 3.63) is 131 Å². The van der Waals surface area contributed by atoms with Crippen LogP contribution in [0.5, 0.6) is 5.75 Å². The number of thioether (sulfide) groups is 1. The van der Waals surface area contributed by atoms with Crippen LogP contribution in [0.2, 0.25) is 0 Å². The summed E-state index contributed by atoms with van der Waals surface area (Å²) in [5.74, 6) is 0.270. The summed E-state index contributed by atoms with van der Waals surface area (Å²) in [5.41, 5.74) is 3.55. The van der Waals surface area contributed by atoms with Crippen molar-refractivity contribution in [1.29, 1.82) is 0 Å². The van der Waals surface area contributed by atoms with Gasteiger partial charge >= 0.3 is 0 Å². The van der Waals surface area contributed by atoms with Gasteiger partial charge in [0, 0.05) is 12.2 Å². The maximum absolute atomic E-state index is 13.4. The van der Waals surface area contributed by atoms with Crippen LogP contribution in [0.15, 0.2) is 125 Å². The zero-order valence-electron chi connectivity index (χ0n) is 21.2. The molecule has 2 amide bonds. The molecule has 0 aromatic heterocycles. The van der Waals surface area contributed by atoms with E-state index in [-0.39, 0.29) is 18.4 Å². The minimum atomic E-state index is -0.235. The van der Waals surface area contributed by atoms with Crippen molar-refractivity contribution in [3.8, 4) is 5.75 Å². The van der Waals surface area contributed by atoms with Crippen LogP contribution in [0, 0.1) is 0 Å². The van der Waals surface area contributed by atoms with Gasteiger partial charge in [-0.05, 0) is 71.8 Å². The third-order valence-electron chi connectivity index (χ3n) is 5.94. The van der Waals surface area contributed by atoms with Crippen molar-refractivity contribution < 1.29 is 14.3 Å². The molecule has 0 unspecified atom stereocenters. The zero-order chi connectivity index (χ0) is 26.9. The van der Waals surface area contributed by atoms with E-state index >= 15 is 0 Å². The summed E-state index contributed by atoms with van der Waals surface area (Å²) in [6, 6.07) is 36.3. The van der Waals surface area contributed by atoms with Gasteiger partial charge in [0.05, 0.1) is 10.6 Å². The molecule has 1 N–H and O–H groups in total. The number of nitrogens with one attached hydrogen (secondary N) is 1. The Hall–Kier alpha value is -4.62. The molecule has 0 spiro atoms. The van der Waals surface area contributed by atoms with Crippen molar-refractivity contribution in [3.63, 3.8) is 0 Å². The molecule has 0 saturated carbocycles. The molecule has 7 heteroatoms. The van der Waals surface area contributed by atoms with E-state index in [0.717, 1.165) is 23.4 Å². The van der Waals surface area contributed by atoms with E-state index in [1.54, 1.807) is 17.0 Å². The molecule has 39 heavy (non-hydrogen) atoms. The van der Waals surface area contributed by atoms with Crippen molar-refractivity contribution in [1.82, 2.24) is 4.90 Å². The lowest BCUT2D eigenvalue weighted by atomic mass is 10.1. The molecule has 6 nitrogen and oxygen atoms in total. The van der Waals surface area contributed by atoms with Crippen molar-refractivity contribution in [2.45, 2.75) is 6.42 Å². The molecule has 1 fully saturated rings. The average molecular weight is 534 g/mol. The number of amidine groups is 1. The predicted octanol–water partition coefficient (Wildman–Crippen LogP) is 6.55. The summed E-state index contributed by atoms with van der Waals surface area (Å²) in [6.45, 7) is 0.441. The number of aliphatic imine (C=N–C) groups is 1. The highest BCUT2D eigenvalue weighted by molar-refractivity contribution is 8.18. The first-order valence-corrected chi connectivity index (χ1v) is 13.4. The van der Waals surface area contributed by atoms with E-state index in [4.69, 9.17) is 9.73 Å². The number of anilines is 1. The zero-order valence-corrected chi connectivity index (χ0v) is 22.0. The van der Waals surface area contributed by atoms with Gasteiger partial charge in [0.15, 0.2) is 11.8 Å². The molecule has 0 bridgehead atoms. The Balaban J connectivity index is 1.26.